The van der Waals surface area contributed by atoms with E-state index in [9.17, 15) is 0 Å². The van der Waals surface area contributed by atoms with Crippen molar-refractivity contribution in [2.45, 2.75) is 13.5 Å². The van der Waals surface area contributed by atoms with Crippen molar-refractivity contribution >= 4 is 17.3 Å². The normalized spacial score (nSPS) is 10.5. The summed E-state index contributed by atoms with van der Waals surface area (Å²) in [6.45, 7) is 2.83. The lowest BCUT2D eigenvalue weighted by atomic mass is 10.2. The number of hydrogen-bond acceptors (Lipinski definition) is 1. The molecule has 2 aromatic rings. The quantitative estimate of drug-likeness (QED) is 0.775. The molecule has 78 valence electrons. The number of aryl methyl sites for hydroxylation is 1. The highest BCUT2D eigenvalue weighted by atomic mass is 35.5. The van der Waals surface area contributed by atoms with Crippen molar-refractivity contribution in [3.63, 3.8) is 0 Å². The van der Waals surface area contributed by atoms with E-state index in [0.717, 1.165) is 22.8 Å². The molecule has 0 aliphatic rings. The summed E-state index contributed by atoms with van der Waals surface area (Å²) in [7, 11) is 0. The summed E-state index contributed by atoms with van der Waals surface area (Å²) in [4.78, 5) is 0. The molecule has 0 radical (unpaired) electrons. The maximum absolute atomic E-state index is 5.92. The molecule has 2 rings (SSSR count). The third kappa shape index (κ3) is 2.34. The molecule has 1 aromatic heterocycles. The molecule has 0 amide bonds. The van der Waals surface area contributed by atoms with Gasteiger partial charge in [0.25, 0.3) is 0 Å². The van der Waals surface area contributed by atoms with E-state index in [0.29, 0.717) is 0 Å². The number of benzene rings is 1. The van der Waals surface area contributed by atoms with Gasteiger partial charge in [0.2, 0.25) is 0 Å². The zero-order valence-electron chi connectivity index (χ0n) is 8.57. The standard InChI is InChI=1S/C12H13ClN2/c1-9-4-5-15(7-9)8-10-6-11(13)2-3-12(10)14/h2-7H,8,14H2,1H3. The van der Waals surface area contributed by atoms with Gasteiger partial charge in [0, 0.05) is 29.6 Å². The second-order valence-electron chi connectivity index (χ2n) is 3.70. The van der Waals surface area contributed by atoms with Crippen molar-refractivity contribution in [1.82, 2.24) is 4.57 Å². The fourth-order valence-corrected chi connectivity index (χ4v) is 1.76. The lowest BCUT2D eigenvalue weighted by Crippen LogP contribution is -2.00. The topological polar surface area (TPSA) is 30.9 Å². The van der Waals surface area contributed by atoms with Gasteiger partial charge in [0.15, 0.2) is 0 Å². The number of anilines is 1. The predicted octanol–water partition coefficient (Wildman–Crippen LogP) is 3.08. The van der Waals surface area contributed by atoms with Crippen molar-refractivity contribution in [2.75, 3.05) is 5.73 Å². The fourth-order valence-electron chi connectivity index (χ4n) is 1.57. The summed E-state index contributed by atoms with van der Waals surface area (Å²) in [5.74, 6) is 0. The lowest BCUT2D eigenvalue weighted by molar-refractivity contribution is 0.806. The number of nitrogen functional groups attached to an aromatic ring is 1. The van der Waals surface area contributed by atoms with E-state index < -0.39 is 0 Å². The second-order valence-corrected chi connectivity index (χ2v) is 4.14. The molecule has 3 heteroatoms. The monoisotopic (exact) mass is 220 g/mol. The SMILES string of the molecule is Cc1ccn(Cc2cc(Cl)ccc2N)c1. The molecule has 2 nitrogen and oxygen atoms in total. The van der Waals surface area contributed by atoms with Crippen LogP contribution in [-0.4, -0.2) is 4.57 Å². The summed E-state index contributed by atoms with van der Waals surface area (Å²) >= 11 is 5.92. The number of aromatic nitrogens is 1. The number of hydrogen-bond donors (Lipinski definition) is 1. The molecule has 0 atom stereocenters. The molecular weight excluding hydrogens is 208 g/mol. The second kappa shape index (κ2) is 3.99. The van der Waals surface area contributed by atoms with Crippen LogP contribution < -0.4 is 5.73 Å². The van der Waals surface area contributed by atoms with Crippen molar-refractivity contribution in [3.05, 3.63) is 52.8 Å². The smallest absolute Gasteiger partial charge is 0.0491 e. The average molecular weight is 221 g/mol. The Morgan fingerprint density at radius 2 is 2.13 bits per heavy atom. The van der Waals surface area contributed by atoms with Crippen LogP contribution in [0, 0.1) is 6.92 Å². The Bertz CT molecular complexity index is 474. The van der Waals surface area contributed by atoms with Gasteiger partial charge in [-0.15, -0.1) is 0 Å². The van der Waals surface area contributed by atoms with Gasteiger partial charge < -0.3 is 10.3 Å². The molecule has 0 aliphatic carbocycles. The van der Waals surface area contributed by atoms with Crippen molar-refractivity contribution < 1.29 is 0 Å². The molecule has 1 heterocycles. The Hall–Kier alpha value is -1.41. The third-order valence-electron chi connectivity index (χ3n) is 2.36. The van der Waals surface area contributed by atoms with Crippen molar-refractivity contribution in [1.29, 1.82) is 0 Å². The Morgan fingerprint density at radius 3 is 2.80 bits per heavy atom. The van der Waals surface area contributed by atoms with Crippen LogP contribution in [0.25, 0.3) is 0 Å². The van der Waals surface area contributed by atoms with E-state index in [4.69, 9.17) is 17.3 Å². The Kier molecular flexibility index (Phi) is 2.69. The van der Waals surface area contributed by atoms with Crippen LogP contribution in [0.4, 0.5) is 5.69 Å². The first kappa shape index (κ1) is 10.1. The van der Waals surface area contributed by atoms with Crippen LogP contribution in [0.3, 0.4) is 0 Å². The van der Waals surface area contributed by atoms with Gasteiger partial charge in [-0.05, 0) is 42.3 Å². The van der Waals surface area contributed by atoms with Gasteiger partial charge >= 0.3 is 0 Å². The number of rotatable bonds is 2. The van der Waals surface area contributed by atoms with Crippen LogP contribution in [0.1, 0.15) is 11.1 Å². The molecule has 0 saturated carbocycles. The zero-order valence-corrected chi connectivity index (χ0v) is 9.33. The van der Waals surface area contributed by atoms with Crippen molar-refractivity contribution in [3.8, 4) is 0 Å². The van der Waals surface area contributed by atoms with Gasteiger partial charge in [0.05, 0.1) is 0 Å². The van der Waals surface area contributed by atoms with Gasteiger partial charge in [-0.1, -0.05) is 11.6 Å². The van der Waals surface area contributed by atoms with Gasteiger partial charge in [0.1, 0.15) is 0 Å². The van der Waals surface area contributed by atoms with Crippen LogP contribution in [0.5, 0.6) is 0 Å². The maximum Gasteiger partial charge on any atom is 0.0491 e. The van der Waals surface area contributed by atoms with Crippen LogP contribution in [-0.2, 0) is 6.54 Å². The average Bonchev–Trinajstić information content (AvgIpc) is 2.58. The fraction of sp³-hybridized carbons (Fsp3) is 0.167. The molecule has 0 unspecified atom stereocenters. The molecule has 15 heavy (non-hydrogen) atoms. The molecule has 2 N–H and O–H groups in total. The van der Waals surface area contributed by atoms with E-state index in [2.05, 4.69) is 23.8 Å². The van der Waals surface area contributed by atoms with E-state index in [1.807, 2.05) is 18.3 Å². The Balaban J connectivity index is 2.27. The number of nitrogens with zero attached hydrogens (tertiary/aromatic N) is 1. The highest BCUT2D eigenvalue weighted by Gasteiger charge is 2.01. The van der Waals surface area contributed by atoms with Crippen LogP contribution in [0.2, 0.25) is 5.02 Å². The van der Waals surface area contributed by atoms with Crippen LogP contribution in [0.15, 0.2) is 36.7 Å². The Labute approximate surface area is 94.3 Å². The summed E-state index contributed by atoms with van der Waals surface area (Å²) in [6, 6.07) is 7.63. The van der Waals surface area contributed by atoms with Gasteiger partial charge in [-0.2, -0.15) is 0 Å². The third-order valence-corrected chi connectivity index (χ3v) is 2.59. The molecule has 0 aliphatic heterocycles. The minimum absolute atomic E-state index is 0.725. The van der Waals surface area contributed by atoms with E-state index in [1.165, 1.54) is 5.56 Å². The molecular formula is C12H13ClN2. The lowest BCUT2D eigenvalue weighted by Gasteiger charge is -2.07. The minimum atomic E-state index is 0.725. The molecule has 1 aromatic carbocycles. The van der Waals surface area contributed by atoms with E-state index in [-0.39, 0.29) is 0 Å². The first-order valence-electron chi connectivity index (χ1n) is 4.81. The highest BCUT2D eigenvalue weighted by Crippen LogP contribution is 2.19. The predicted molar refractivity (Wildman–Crippen MR) is 64.1 cm³/mol. The summed E-state index contributed by atoms with van der Waals surface area (Å²) in [5.41, 5.74) is 8.95. The summed E-state index contributed by atoms with van der Waals surface area (Å²) < 4.78 is 2.09. The van der Waals surface area contributed by atoms with E-state index in [1.54, 1.807) is 6.07 Å². The van der Waals surface area contributed by atoms with Crippen LogP contribution >= 0.6 is 11.6 Å². The zero-order chi connectivity index (χ0) is 10.8. The highest BCUT2D eigenvalue weighted by molar-refractivity contribution is 6.30. The largest absolute Gasteiger partial charge is 0.398 e. The summed E-state index contributed by atoms with van der Waals surface area (Å²) in [6.07, 6.45) is 4.12. The maximum atomic E-state index is 5.92. The minimum Gasteiger partial charge on any atom is -0.398 e. The first-order chi connectivity index (χ1) is 7.15. The first-order valence-corrected chi connectivity index (χ1v) is 5.19. The van der Waals surface area contributed by atoms with E-state index >= 15 is 0 Å². The molecule has 0 fully saturated rings. The van der Waals surface area contributed by atoms with Gasteiger partial charge in [-0.25, -0.2) is 0 Å². The number of halogens is 1. The molecule has 0 spiro atoms. The molecule has 0 bridgehead atoms. The molecule has 0 saturated heterocycles. The number of nitrogens with two attached hydrogens (primary N) is 1. The Morgan fingerprint density at radius 1 is 1.33 bits per heavy atom. The van der Waals surface area contributed by atoms with Gasteiger partial charge in [-0.3, -0.25) is 0 Å². The van der Waals surface area contributed by atoms with Crippen molar-refractivity contribution in [2.24, 2.45) is 0 Å². The summed E-state index contributed by atoms with van der Waals surface area (Å²) in [5, 5.41) is 0.725.